The van der Waals surface area contributed by atoms with Crippen LogP contribution in [0.2, 0.25) is 0 Å². The summed E-state index contributed by atoms with van der Waals surface area (Å²) in [6, 6.07) is 10.3. The number of carbonyl (C=O) groups excluding carboxylic acids is 1. The van der Waals surface area contributed by atoms with Crippen LogP contribution >= 0.6 is 11.3 Å². The van der Waals surface area contributed by atoms with E-state index in [0.29, 0.717) is 6.42 Å². The molecule has 1 fully saturated rings. The predicted molar refractivity (Wildman–Crippen MR) is 82.9 cm³/mol. The van der Waals surface area contributed by atoms with Gasteiger partial charge in [0, 0.05) is 6.42 Å². The third kappa shape index (κ3) is 3.06. The Hall–Kier alpha value is -1.93. The maximum Gasteiger partial charge on any atom is 0.221 e. The smallest absolute Gasteiger partial charge is 0.221 e. The molecule has 5 heteroatoms. The molecule has 1 aromatic carbocycles. The number of rotatable bonds is 5. The highest BCUT2D eigenvalue weighted by molar-refractivity contribution is 7.18. The number of hydrogen-bond acceptors (Lipinski definition) is 4. The Labute approximate surface area is 127 Å². The Morgan fingerprint density at radius 3 is 2.90 bits per heavy atom. The molecule has 1 aliphatic rings. The van der Waals surface area contributed by atoms with Crippen molar-refractivity contribution in [3.05, 3.63) is 29.3 Å². The largest absolute Gasteiger partial charge is 0.338 e. The number of nitrogens with one attached hydrogen (secondary N) is 1. The summed E-state index contributed by atoms with van der Waals surface area (Å²) < 4.78 is 1.19. The molecule has 2 aromatic rings. The van der Waals surface area contributed by atoms with Crippen LogP contribution in [-0.2, 0) is 11.2 Å². The van der Waals surface area contributed by atoms with Gasteiger partial charge in [-0.25, -0.2) is 4.98 Å². The van der Waals surface area contributed by atoms with Crippen LogP contribution in [0.15, 0.2) is 24.3 Å². The summed E-state index contributed by atoms with van der Waals surface area (Å²) in [4.78, 5) is 16.5. The number of aryl methyl sites for hydroxylation is 1. The van der Waals surface area contributed by atoms with Crippen molar-refractivity contribution in [1.82, 2.24) is 10.3 Å². The number of fused-ring (bicyclic) bond motifs is 1. The normalized spacial score (nSPS) is 16.1. The minimum absolute atomic E-state index is 0.0163. The van der Waals surface area contributed by atoms with Gasteiger partial charge in [0.05, 0.1) is 21.3 Å². The first-order chi connectivity index (χ1) is 10.2. The standard InChI is InChI=1S/C16H17N3OS/c17-11-16(9-4-10-16)19-14(20)7-3-8-15-18-12-5-1-2-6-13(12)21-15/h1-2,5-6H,3-4,7-10H2,(H,19,20). The number of aromatic nitrogens is 1. The van der Waals surface area contributed by atoms with E-state index in [9.17, 15) is 4.79 Å². The van der Waals surface area contributed by atoms with Crippen LogP contribution in [0.25, 0.3) is 10.2 Å². The average Bonchev–Trinajstić information content (AvgIpc) is 2.85. The minimum atomic E-state index is -0.576. The molecule has 0 atom stereocenters. The second-order valence-corrected chi connectivity index (χ2v) is 6.64. The first kappa shape index (κ1) is 14.0. The quantitative estimate of drug-likeness (QED) is 0.922. The Morgan fingerprint density at radius 2 is 2.24 bits per heavy atom. The van der Waals surface area contributed by atoms with Crippen LogP contribution in [0, 0.1) is 11.3 Å². The number of hydrogen-bond donors (Lipinski definition) is 1. The van der Waals surface area contributed by atoms with Crippen molar-refractivity contribution >= 4 is 27.5 Å². The minimum Gasteiger partial charge on any atom is -0.338 e. The summed E-state index contributed by atoms with van der Waals surface area (Å²) in [6.07, 6.45) is 4.64. The molecule has 1 N–H and O–H groups in total. The van der Waals surface area contributed by atoms with E-state index in [1.54, 1.807) is 11.3 Å². The number of para-hydroxylation sites is 1. The van der Waals surface area contributed by atoms with Gasteiger partial charge in [-0.05, 0) is 44.2 Å². The van der Waals surface area contributed by atoms with Gasteiger partial charge < -0.3 is 5.32 Å². The van der Waals surface area contributed by atoms with Crippen LogP contribution in [0.4, 0.5) is 0 Å². The average molecular weight is 299 g/mol. The molecular weight excluding hydrogens is 282 g/mol. The van der Waals surface area contributed by atoms with Crippen LogP contribution in [0.3, 0.4) is 0 Å². The highest BCUT2D eigenvalue weighted by Gasteiger charge is 2.38. The topological polar surface area (TPSA) is 65.8 Å². The molecule has 3 rings (SSSR count). The van der Waals surface area contributed by atoms with Crippen molar-refractivity contribution in [3.8, 4) is 6.07 Å². The van der Waals surface area contributed by atoms with E-state index in [0.717, 1.165) is 42.6 Å². The predicted octanol–water partition coefficient (Wildman–Crippen LogP) is 3.18. The van der Waals surface area contributed by atoms with E-state index in [1.807, 2.05) is 18.2 Å². The number of nitrogens with zero attached hydrogens (tertiary/aromatic N) is 2. The van der Waals surface area contributed by atoms with Gasteiger partial charge in [0.25, 0.3) is 0 Å². The Bertz CT molecular complexity index is 664. The summed E-state index contributed by atoms with van der Waals surface area (Å²) >= 11 is 1.69. The highest BCUT2D eigenvalue weighted by Crippen LogP contribution is 2.31. The van der Waals surface area contributed by atoms with Crippen molar-refractivity contribution in [2.45, 2.75) is 44.1 Å². The summed E-state index contributed by atoms with van der Waals surface area (Å²) in [5.74, 6) is -0.0163. The van der Waals surface area contributed by atoms with E-state index in [-0.39, 0.29) is 5.91 Å². The second-order valence-electron chi connectivity index (χ2n) is 5.52. The van der Waals surface area contributed by atoms with E-state index in [4.69, 9.17) is 5.26 Å². The fourth-order valence-corrected chi connectivity index (χ4v) is 3.56. The van der Waals surface area contributed by atoms with Gasteiger partial charge in [-0.3, -0.25) is 4.79 Å². The molecule has 4 nitrogen and oxygen atoms in total. The van der Waals surface area contributed by atoms with E-state index < -0.39 is 5.54 Å². The number of benzene rings is 1. The van der Waals surface area contributed by atoms with Gasteiger partial charge in [-0.1, -0.05) is 12.1 Å². The summed E-state index contributed by atoms with van der Waals surface area (Å²) in [5, 5.41) is 13.0. The molecule has 1 aliphatic carbocycles. The van der Waals surface area contributed by atoms with Crippen molar-refractivity contribution in [3.63, 3.8) is 0 Å². The SMILES string of the molecule is N#CC1(NC(=O)CCCc2nc3ccccc3s2)CCC1. The molecule has 21 heavy (non-hydrogen) atoms. The molecule has 0 spiro atoms. The van der Waals surface area contributed by atoms with Crippen molar-refractivity contribution < 1.29 is 4.79 Å². The van der Waals surface area contributed by atoms with Crippen LogP contribution in [0.1, 0.15) is 37.1 Å². The van der Waals surface area contributed by atoms with Gasteiger partial charge in [-0.2, -0.15) is 5.26 Å². The molecule has 108 valence electrons. The van der Waals surface area contributed by atoms with Crippen molar-refractivity contribution in [1.29, 1.82) is 5.26 Å². The summed E-state index contributed by atoms with van der Waals surface area (Å²) in [7, 11) is 0. The van der Waals surface area contributed by atoms with Gasteiger partial charge in [0.15, 0.2) is 0 Å². The molecule has 0 aliphatic heterocycles. The fraction of sp³-hybridized carbons (Fsp3) is 0.438. The van der Waals surface area contributed by atoms with E-state index in [1.165, 1.54) is 4.70 Å². The van der Waals surface area contributed by atoms with Gasteiger partial charge in [0.2, 0.25) is 5.91 Å². The van der Waals surface area contributed by atoms with Crippen LogP contribution < -0.4 is 5.32 Å². The maximum absolute atomic E-state index is 11.9. The van der Waals surface area contributed by atoms with Gasteiger partial charge >= 0.3 is 0 Å². The van der Waals surface area contributed by atoms with Crippen LogP contribution in [-0.4, -0.2) is 16.4 Å². The Balaban J connectivity index is 1.49. The van der Waals surface area contributed by atoms with Crippen molar-refractivity contribution in [2.75, 3.05) is 0 Å². The summed E-state index contributed by atoms with van der Waals surface area (Å²) in [5.41, 5.74) is 0.451. The van der Waals surface area contributed by atoms with Crippen LogP contribution in [0.5, 0.6) is 0 Å². The first-order valence-electron chi connectivity index (χ1n) is 7.27. The van der Waals surface area contributed by atoms with Gasteiger partial charge in [0.1, 0.15) is 5.54 Å². The zero-order valence-electron chi connectivity index (χ0n) is 11.8. The molecule has 1 aromatic heterocycles. The molecule has 1 heterocycles. The molecule has 0 bridgehead atoms. The summed E-state index contributed by atoms with van der Waals surface area (Å²) in [6.45, 7) is 0. The zero-order chi connectivity index (χ0) is 14.7. The number of nitriles is 1. The van der Waals surface area contributed by atoms with Crippen molar-refractivity contribution in [2.24, 2.45) is 0 Å². The highest BCUT2D eigenvalue weighted by atomic mass is 32.1. The van der Waals surface area contributed by atoms with E-state index >= 15 is 0 Å². The Kier molecular flexibility index (Phi) is 3.89. The first-order valence-corrected chi connectivity index (χ1v) is 8.09. The third-order valence-electron chi connectivity index (χ3n) is 3.93. The van der Waals surface area contributed by atoms with Gasteiger partial charge in [-0.15, -0.1) is 11.3 Å². The molecule has 0 saturated heterocycles. The third-order valence-corrected chi connectivity index (χ3v) is 5.03. The fourth-order valence-electron chi connectivity index (χ4n) is 2.55. The lowest BCUT2D eigenvalue weighted by atomic mass is 9.78. The molecule has 0 unspecified atom stereocenters. The second kappa shape index (κ2) is 5.82. The number of thiazole rings is 1. The lowest BCUT2D eigenvalue weighted by Crippen LogP contribution is -2.52. The van der Waals surface area contributed by atoms with E-state index in [2.05, 4.69) is 22.4 Å². The molecule has 1 saturated carbocycles. The number of amides is 1. The Morgan fingerprint density at radius 1 is 1.43 bits per heavy atom. The molecule has 0 radical (unpaired) electrons. The molecule has 1 amide bonds. The zero-order valence-corrected chi connectivity index (χ0v) is 12.6. The molecular formula is C16H17N3OS. The lowest BCUT2D eigenvalue weighted by molar-refractivity contribution is -0.123. The monoisotopic (exact) mass is 299 g/mol. The lowest BCUT2D eigenvalue weighted by Gasteiger charge is -2.35. The maximum atomic E-state index is 11.9. The number of carbonyl (C=O) groups is 1.